The van der Waals surface area contributed by atoms with E-state index in [2.05, 4.69) is 20.4 Å². The molecule has 0 bridgehead atoms. The summed E-state index contributed by atoms with van der Waals surface area (Å²) >= 11 is 6.27. The smallest absolute Gasteiger partial charge is 0.303 e. The van der Waals surface area contributed by atoms with Gasteiger partial charge in [-0.15, -0.1) is 0 Å². The number of carbonyl (C=O) groups is 3. The summed E-state index contributed by atoms with van der Waals surface area (Å²) in [6.45, 7) is 6.35. The lowest BCUT2D eigenvalue weighted by Crippen LogP contribution is -2.47. The van der Waals surface area contributed by atoms with Gasteiger partial charge in [-0.05, 0) is 77.1 Å². The summed E-state index contributed by atoms with van der Waals surface area (Å²) in [6.07, 6.45) is 11.1. The molecular formula is C31H48ClN5O5. The molecule has 3 aliphatic heterocycles. The third-order valence-electron chi connectivity index (χ3n) is 8.75. The molecule has 42 heavy (non-hydrogen) atoms. The van der Waals surface area contributed by atoms with Crippen LogP contribution in [0.15, 0.2) is 6.07 Å². The molecule has 0 spiro atoms. The van der Waals surface area contributed by atoms with Gasteiger partial charge in [0.1, 0.15) is 5.75 Å². The second-order valence-electron chi connectivity index (χ2n) is 12.0. The number of halogens is 1. The van der Waals surface area contributed by atoms with Gasteiger partial charge < -0.3 is 36.0 Å². The van der Waals surface area contributed by atoms with Crippen molar-refractivity contribution < 1.29 is 24.2 Å². The number of amides is 2. The molecule has 0 saturated carbocycles. The van der Waals surface area contributed by atoms with Crippen molar-refractivity contribution in [3.8, 4) is 5.75 Å². The van der Waals surface area contributed by atoms with Gasteiger partial charge in [-0.3, -0.25) is 14.4 Å². The molecule has 5 N–H and O–H groups in total. The number of nitrogens with one attached hydrogen (secondary N) is 2. The minimum Gasteiger partial charge on any atom is -0.492 e. The molecule has 2 amide bonds. The van der Waals surface area contributed by atoms with E-state index in [1.165, 1.54) is 0 Å². The van der Waals surface area contributed by atoms with E-state index in [1.807, 2.05) is 0 Å². The van der Waals surface area contributed by atoms with Gasteiger partial charge in [0, 0.05) is 56.5 Å². The van der Waals surface area contributed by atoms with Crippen LogP contribution in [0.3, 0.4) is 0 Å². The summed E-state index contributed by atoms with van der Waals surface area (Å²) in [5, 5.41) is 15.5. The van der Waals surface area contributed by atoms with Gasteiger partial charge in [-0.25, -0.2) is 0 Å². The number of hydrogen-bond donors (Lipinski definition) is 4. The van der Waals surface area contributed by atoms with Crippen LogP contribution >= 0.6 is 11.6 Å². The predicted octanol–water partition coefficient (Wildman–Crippen LogP) is 3.84. The summed E-state index contributed by atoms with van der Waals surface area (Å²) < 4.78 is 5.69. The second-order valence-corrected chi connectivity index (χ2v) is 12.4. The number of hydrogen-bond acceptors (Lipinski definition) is 7. The molecule has 0 radical (unpaired) electrons. The predicted molar refractivity (Wildman–Crippen MR) is 164 cm³/mol. The highest BCUT2D eigenvalue weighted by Gasteiger charge is 2.28. The third kappa shape index (κ3) is 9.74. The fourth-order valence-electron chi connectivity index (χ4n) is 6.36. The van der Waals surface area contributed by atoms with Gasteiger partial charge in [0.2, 0.25) is 5.91 Å². The average Bonchev–Trinajstić information content (AvgIpc) is 3.46. The van der Waals surface area contributed by atoms with Crippen LogP contribution in [0.2, 0.25) is 5.02 Å². The molecule has 1 atom stereocenters. The number of piperidine rings is 2. The lowest BCUT2D eigenvalue weighted by Gasteiger charge is -2.33. The number of fused-ring (bicyclic) bond motifs is 1. The summed E-state index contributed by atoms with van der Waals surface area (Å²) in [7, 11) is 0. The minimum absolute atomic E-state index is 0.124. The zero-order valence-electron chi connectivity index (χ0n) is 24.8. The summed E-state index contributed by atoms with van der Waals surface area (Å²) in [6, 6.07) is 1.96. The topological polar surface area (TPSA) is 137 Å². The Labute approximate surface area is 254 Å². The Morgan fingerprint density at radius 3 is 2.38 bits per heavy atom. The van der Waals surface area contributed by atoms with E-state index in [4.69, 9.17) is 27.2 Å². The zero-order valence-corrected chi connectivity index (χ0v) is 25.6. The number of nitrogens with zero attached hydrogens (tertiary/aromatic N) is 2. The minimum atomic E-state index is -0.723. The molecule has 10 nitrogen and oxygen atoms in total. The van der Waals surface area contributed by atoms with Gasteiger partial charge in [0.05, 0.1) is 22.9 Å². The van der Waals surface area contributed by atoms with Crippen molar-refractivity contribution in [2.75, 3.05) is 51.6 Å². The van der Waals surface area contributed by atoms with E-state index in [-0.39, 0.29) is 30.3 Å². The Balaban J connectivity index is 1.04. The molecule has 3 aliphatic rings. The van der Waals surface area contributed by atoms with E-state index >= 15 is 0 Å². The largest absolute Gasteiger partial charge is 0.492 e. The number of anilines is 1. The molecule has 11 heteroatoms. The first-order valence-corrected chi connectivity index (χ1v) is 16.2. The Morgan fingerprint density at radius 1 is 0.929 bits per heavy atom. The normalized spacial score (nSPS) is 19.7. The third-order valence-corrected chi connectivity index (χ3v) is 9.06. The molecule has 0 unspecified atom stereocenters. The number of unbranched alkanes of at least 4 members (excludes halogenated alkanes) is 4. The molecular weight excluding hydrogens is 558 g/mol. The van der Waals surface area contributed by atoms with Crippen molar-refractivity contribution in [2.45, 2.75) is 95.6 Å². The van der Waals surface area contributed by atoms with E-state index in [9.17, 15) is 14.4 Å². The lowest BCUT2D eigenvalue weighted by molar-refractivity contribution is -0.137. The molecule has 4 rings (SSSR count). The van der Waals surface area contributed by atoms with Crippen LogP contribution in [0.5, 0.6) is 5.75 Å². The fraction of sp³-hybridized carbons (Fsp3) is 0.710. The summed E-state index contributed by atoms with van der Waals surface area (Å²) in [4.78, 5) is 41.0. The van der Waals surface area contributed by atoms with Crippen LogP contribution in [0, 0.1) is 0 Å². The van der Waals surface area contributed by atoms with E-state index < -0.39 is 5.97 Å². The van der Waals surface area contributed by atoms with Gasteiger partial charge >= 0.3 is 5.97 Å². The summed E-state index contributed by atoms with van der Waals surface area (Å²) in [5.74, 6) is -0.152. The first kappa shape index (κ1) is 32.4. The maximum Gasteiger partial charge on any atom is 0.303 e. The van der Waals surface area contributed by atoms with Gasteiger partial charge in [0.25, 0.3) is 5.91 Å². The first-order valence-electron chi connectivity index (χ1n) is 15.8. The maximum absolute atomic E-state index is 13.0. The number of ether oxygens (including phenoxy) is 1. The van der Waals surface area contributed by atoms with Crippen LogP contribution in [-0.2, 0) is 16.0 Å². The quantitative estimate of drug-likeness (QED) is 0.175. The monoisotopic (exact) mass is 605 g/mol. The van der Waals surface area contributed by atoms with Crippen molar-refractivity contribution in [1.82, 2.24) is 20.4 Å². The maximum atomic E-state index is 13.0. The standard InChI is InChI=1S/C31H48ClN5O5/c32-26-20-25(30-24(29(26)33)13-19-42-30)31(41)35-22-11-17-36(18-12-22)14-5-1-3-9-27(38)34-23-8-7-16-37(21-23)15-6-2-4-10-28(39)40/h20,22-23H,1-19,21,33H2,(H,34,38)(H,35,41)(H,39,40)/t23-/m1/s1. The molecule has 234 valence electrons. The zero-order chi connectivity index (χ0) is 29.9. The molecule has 0 aromatic heterocycles. The fourth-order valence-corrected chi connectivity index (χ4v) is 6.59. The molecule has 1 aromatic carbocycles. The van der Waals surface area contributed by atoms with Crippen molar-refractivity contribution in [1.29, 1.82) is 0 Å². The Bertz CT molecular complexity index is 1080. The van der Waals surface area contributed by atoms with Gasteiger partial charge in [-0.1, -0.05) is 24.4 Å². The number of nitrogens with two attached hydrogens (primary N) is 1. The van der Waals surface area contributed by atoms with Crippen molar-refractivity contribution in [2.24, 2.45) is 0 Å². The van der Waals surface area contributed by atoms with Crippen LogP contribution in [0.25, 0.3) is 0 Å². The van der Waals surface area contributed by atoms with E-state index in [0.717, 1.165) is 109 Å². The van der Waals surface area contributed by atoms with E-state index in [0.29, 0.717) is 41.5 Å². The highest BCUT2D eigenvalue weighted by Crippen LogP contribution is 2.38. The lowest BCUT2D eigenvalue weighted by atomic mass is 10.0. The highest BCUT2D eigenvalue weighted by molar-refractivity contribution is 6.33. The average molecular weight is 606 g/mol. The number of carboxylic acids is 1. The van der Waals surface area contributed by atoms with Gasteiger partial charge in [0.15, 0.2) is 0 Å². The van der Waals surface area contributed by atoms with Crippen molar-refractivity contribution in [3.63, 3.8) is 0 Å². The molecule has 2 saturated heterocycles. The molecule has 0 aliphatic carbocycles. The number of benzene rings is 1. The first-order chi connectivity index (χ1) is 20.3. The molecule has 3 heterocycles. The Morgan fingerprint density at radius 2 is 1.64 bits per heavy atom. The van der Waals surface area contributed by atoms with Crippen LogP contribution < -0.4 is 21.1 Å². The number of rotatable bonds is 15. The SMILES string of the molecule is Nc1c(Cl)cc(C(=O)NC2CCN(CCCCCC(=O)N[C@@H]3CCCN(CCCCCC(=O)O)C3)CC2)c2c1CCO2. The second kappa shape index (κ2) is 16.3. The van der Waals surface area contributed by atoms with Crippen LogP contribution in [-0.4, -0.2) is 90.6 Å². The number of carbonyl (C=O) groups excluding carboxylic acids is 2. The molecule has 1 aromatic rings. The molecule has 2 fully saturated rings. The van der Waals surface area contributed by atoms with Crippen LogP contribution in [0.4, 0.5) is 5.69 Å². The van der Waals surface area contributed by atoms with E-state index in [1.54, 1.807) is 6.07 Å². The highest BCUT2D eigenvalue weighted by atomic mass is 35.5. The Hall–Kier alpha value is -2.56. The van der Waals surface area contributed by atoms with Crippen molar-refractivity contribution in [3.05, 3.63) is 22.2 Å². The number of nitrogen functional groups attached to an aromatic ring is 1. The van der Waals surface area contributed by atoms with Crippen LogP contribution in [0.1, 0.15) is 93.0 Å². The number of aliphatic carboxylic acids is 1. The number of carboxylic acid groups (broad SMARTS) is 1. The van der Waals surface area contributed by atoms with Gasteiger partial charge in [-0.2, -0.15) is 0 Å². The summed E-state index contributed by atoms with van der Waals surface area (Å²) in [5.41, 5.74) is 7.87. The Kier molecular flexibility index (Phi) is 12.6. The van der Waals surface area contributed by atoms with Crippen molar-refractivity contribution >= 4 is 35.1 Å². The number of likely N-dealkylation sites (tertiary alicyclic amines) is 2.